The van der Waals surface area contributed by atoms with Gasteiger partial charge in [-0.05, 0) is 43.7 Å². The van der Waals surface area contributed by atoms with Crippen LogP contribution >= 0.6 is 22.9 Å². The molecule has 10 nitrogen and oxygen atoms in total. The van der Waals surface area contributed by atoms with Crippen molar-refractivity contribution >= 4 is 60.6 Å². The normalized spacial score (nSPS) is 12.1. The predicted octanol–water partition coefficient (Wildman–Crippen LogP) is 3.51. The summed E-state index contributed by atoms with van der Waals surface area (Å²) in [7, 11) is -3.59. The average molecular weight is 526 g/mol. The van der Waals surface area contributed by atoms with Gasteiger partial charge in [0.25, 0.3) is 5.69 Å². The first kappa shape index (κ1) is 25.5. The number of nitro benzene ring substituents is 1. The number of amides is 1. The number of carbonyl (C=O) groups is 2. The molecule has 0 N–H and O–H groups in total. The minimum atomic E-state index is -3.59. The number of hydrogen-bond acceptors (Lipinski definition) is 8. The maximum absolute atomic E-state index is 12.5. The minimum absolute atomic E-state index is 0.0432. The van der Waals surface area contributed by atoms with Crippen LogP contribution in [0.4, 0.5) is 5.69 Å². The Morgan fingerprint density at radius 3 is 2.56 bits per heavy atom. The van der Waals surface area contributed by atoms with Crippen molar-refractivity contribution < 1.29 is 27.7 Å². The molecule has 1 aromatic heterocycles. The summed E-state index contributed by atoms with van der Waals surface area (Å²) in [5.41, 5.74) is 0.192. The number of aromatic nitrogens is 1. The highest BCUT2D eigenvalue weighted by Gasteiger charge is 2.17. The van der Waals surface area contributed by atoms with Crippen LogP contribution in [0.15, 0.2) is 52.4 Å². The van der Waals surface area contributed by atoms with Crippen LogP contribution in [0.3, 0.4) is 0 Å². The van der Waals surface area contributed by atoms with Crippen molar-refractivity contribution in [2.45, 2.75) is 31.2 Å². The largest absolute Gasteiger partial charge is 0.465 e. The number of benzene rings is 2. The van der Waals surface area contributed by atoms with Crippen molar-refractivity contribution in [2.75, 3.05) is 12.4 Å². The summed E-state index contributed by atoms with van der Waals surface area (Å²) in [6, 6.07) is 9.89. The Kier molecular flexibility index (Phi) is 8.18. The molecular weight excluding hydrogens is 506 g/mol. The van der Waals surface area contributed by atoms with Gasteiger partial charge in [-0.3, -0.25) is 19.7 Å². The second-order valence-corrected chi connectivity index (χ2v) is 10.6. The zero-order valence-corrected chi connectivity index (χ0v) is 20.4. The number of halogens is 1. The molecule has 1 amide bonds. The number of nitro groups is 1. The third-order valence-corrected chi connectivity index (χ3v) is 7.79. The molecule has 34 heavy (non-hydrogen) atoms. The molecule has 2 aromatic carbocycles. The van der Waals surface area contributed by atoms with Crippen molar-refractivity contribution in [2.24, 2.45) is 4.99 Å². The molecule has 0 aliphatic rings. The Balaban J connectivity index is 1.83. The summed E-state index contributed by atoms with van der Waals surface area (Å²) >= 11 is 6.87. The highest BCUT2D eigenvalue weighted by atomic mass is 35.5. The number of fused-ring (bicyclic) bond motifs is 1. The molecular formula is C21H20ClN3O7S2. The highest BCUT2D eigenvalue weighted by molar-refractivity contribution is 7.91. The van der Waals surface area contributed by atoms with E-state index in [0.29, 0.717) is 15.2 Å². The predicted molar refractivity (Wildman–Crippen MR) is 126 cm³/mol. The molecule has 0 spiro atoms. The first-order valence-electron chi connectivity index (χ1n) is 10.1. The van der Waals surface area contributed by atoms with Gasteiger partial charge in [-0.1, -0.05) is 22.9 Å². The van der Waals surface area contributed by atoms with Crippen molar-refractivity contribution in [3.63, 3.8) is 0 Å². The number of thiazole rings is 1. The van der Waals surface area contributed by atoms with Gasteiger partial charge < -0.3 is 9.30 Å². The first-order valence-corrected chi connectivity index (χ1v) is 12.9. The number of non-ortho nitro benzene ring substituents is 1. The van der Waals surface area contributed by atoms with Gasteiger partial charge in [0.2, 0.25) is 5.91 Å². The average Bonchev–Trinajstić information content (AvgIpc) is 3.10. The number of carbonyl (C=O) groups excluding carboxylic acids is 2. The lowest BCUT2D eigenvalue weighted by molar-refractivity contribution is -0.384. The summed E-state index contributed by atoms with van der Waals surface area (Å²) in [5.74, 6) is -1.42. The van der Waals surface area contributed by atoms with Crippen LogP contribution in [-0.4, -0.2) is 42.1 Å². The molecule has 3 rings (SSSR count). The zero-order valence-electron chi connectivity index (χ0n) is 18.0. The Morgan fingerprint density at radius 2 is 1.91 bits per heavy atom. The Labute approximate surface area is 203 Å². The summed E-state index contributed by atoms with van der Waals surface area (Å²) in [5, 5.41) is 11.6. The van der Waals surface area contributed by atoms with Gasteiger partial charge in [0.1, 0.15) is 6.54 Å². The van der Waals surface area contributed by atoms with E-state index in [1.165, 1.54) is 47.0 Å². The molecule has 13 heteroatoms. The summed E-state index contributed by atoms with van der Waals surface area (Å²) in [6.07, 6.45) is -0.0951. The molecule has 0 aliphatic carbocycles. The summed E-state index contributed by atoms with van der Waals surface area (Å²) < 4.78 is 31.8. The van der Waals surface area contributed by atoms with Gasteiger partial charge in [-0.15, -0.1) is 0 Å². The van der Waals surface area contributed by atoms with E-state index in [1.807, 2.05) is 0 Å². The number of sulfone groups is 1. The van der Waals surface area contributed by atoms with E-state index in [9.17, 15) is 28.1 Å². The Hall–Kier alpha value is -3.09. The highest BCUT2D eigenvalue weighted by Crippen LogP contribution is 2.23. The maximum Gasteiger partial charge on any atom is 0.326 e. The molecule has 0 unspecified atom stereocenters. The first-order chi connectivity index (χ1) is 16.1. The molecule has 0 atom stereocenters. The van der Waals surface area contributed by atoms with Crippen LogP contribution in [-0.2, 0) is 30.7 Å². The molecule has 0 bridgehead atoms. The number of nitrogens with zero attached hydrogens (tertiary/aromatic N) is 3. The van der Waals surface area contributed by atoms with Gasteiger partial charge in [-0.2, -0.15) is 4.99 Å². The number of esters is 1. The van der Waals surface area contributed by atoms with E-state index in [-0.39, 0.29) is 47.1 Å². The molecule has 0 aliphatic heterocycles. The van der Waals surface area contributed by atoms with Gasteiger partial charge >= 0.3 is 5.97 Å². The van der Waals surface area contributed by atoms with E-state index in [2.05, 4.69) is 4.99 Å². The fourth-order valence-corrected chi connectivity index (χ4v) is 5.54. The maximum atomic E-state index is 12.5. The van der Waals surface area contributed by atoms with E-state index in [1.54, 1.807) is 6.92 Å². The van der Waals surface area contributed by atoms with Crippen LogP contribution in [0.1, 0.15) is 19.8 Å². The summed E-state index contributed by atoms with van der Waals surface area (Å²) in [6.45, 7) is 1.51. The lowest BCUT2D eigenvalue weighted by Gasteiger charge is -2.05. The van der Waals surface area contributed by atoms with E-state index in [4.69, 9.17) is 16.3 Å². The molecule has 1 heterocycles. The lowest BCUT2D eigenvalue weighted by atomic mass is 10.3. The monoisotopic (exact) mass is 525 g/mol. The van der Waals surface area contributed by atoms with Crippen molar-refractivity contribution in [3.8, 4) is 0 Å². The topological polar surface area (TPSA) is 138 Å². The summed E-state index contributed by atoms with van der Waals surface area (Å²) in [4.78, 5) is 39.5. The molecule has 0 saturated carbocycles. The molecule has 0 radical (unpaired) electrons. The Bertz CT molecular complexity index is 1410. The lowest BCUT2D eigenvalue weighted by Crippen LogP contribution is -2.23. The van der Waals surface area contributed by atoms with Crippen molar-refractivity contribution in [3.05, 3.63) is 62.4 Å². The number of rotatable bonds is 9. The number of hydrogen-bond donors (Lipinski definition) is 0. The van der Waals surface area contributed by atoms with Gasteiger partial charge in [0.05, 0.1) is 32.4 Å². The van der Waals surface area contributed by atoms with E-state index in [0.717, 1.165) is 11.3 Å². The molecule has 3 aromatic rings. The van der Waals surface area contributed by atoms with Gasteiger partial charge in [0, 0.05) is 23.6 Å². The smallest absolute Gasteiger partial charge is 0.326 e. The third kappa shape index (κ3) is 6.27. The third-order valence-electron chi connectivity index (χ3n) is 4.67. The Morgan fingerprint density at radius 1 is 1.21 bits per heavy atom. The molecule has 180 valence electrons. The van der Waals surface area contributed by atoms with Crippen LogP contribution in [0.2, 0.25) is 5.02 Å². The van der Waals surface area contributed by atoms with Gasteiger partial charge in [-0.25, -0.2) is 8.42 Å². The SMILES string of the molecule is CCOC(=O)Cn1c(=NC(=O)CCCS(=O)(=O)c2ccc(Cl)cc2)sc2ccc([N+](=O)[O-])cc21. The van der Waals surface area contributed by atoms with Crippen molar-refractivity contribution in [1.29, 1.82) is 0 Å². The van der Waals surface area contributed by atoms with Crippen LogP contribution in [0.25, 0.3) is 10.2 Å². The van der Waals surface area contributed by atoms with E-state index < -0.39 is 26.6 Å². The molecule has 0 saturated heterocycles. The van der Waals surface area contributed by atoms with Crippen molar-refractivity contribution in [1.82, 2.24) is 4.57 Å². The van der Waals surface area contributed by atoms with Crippen LogP contribution < -0.4 is 4.80 Å². The minimum Gasteiger partial charge on any atom is -0.465 e. The van der Waals surface area contributed by atoms with Gasteiger partial charge in [0.15, 0.2) is 14.6 Å². The van der Waals surface area contributed by atoms with Crippen LogP contribution in [0, 0.1) is 10.1 Å². The fourth-order valence-electron chi connectivity index (χ4n) is 3.08. The van der Waals surface area contributed by atoms with Crippen LogP contribution in [0.5, 0.6) is 0 Å². The second-order valence-electron chi connectivity index (χ2n) is 7.07. The number of ether oxygens (including phenoxy) is 1. The fraction of sp³-hybridized carbons (Fsp3) is 0.286. The standard InChI is InChI=1S/C21H20ClN3O7S2/c1-2-32-20(27)13-24-17-12-15(25(28)29)7-10-18(17)33-21(24)23-19(26)4-3-11-34(30,31)16-8-5-14(22)6-9-16/h5-10,12H,2-4,11,13H2,1H3. The second kappa shape index (κ2) is 10.9. The molecule has 0 fully saturated rings. The quantitative estimate of drug-likeness (QED) is 0.236. The van der Waals surface area contributed by atoms with E-state index >= 15 is 0 Å². The zero-order chi connectivity index (χ0) is 24.9.